The van der Waals surface area contributed by atoms with E-state index in [2.05, 4.69) is 11.0 Å². The van der Waals surface area contributed by atoms with Crippen LogP contribution >= 0.6 is 0 Å². The van der Waals surface area contributed by atoms with E-state index in [0.29, 0.717) is 11.3 Å². The third-order valence-corrected chi connectivity index (χ3v) is 6.16. The highest BCUT2D eigenvalue weighted by Crippen LogP contribution is 2.42. The number of hydrogen-bond donors (Lipinski definition) is 0. The summed E-state index contributed by atoms with van der Waals surface area (Å²) in [4.78, 5) is 2.50. The van der Waals surface area contributed by atoms with Crippen molar-refractivity contribution in [1.29, 1.82) is 0 Å². The van der Waals surface area contributed by atoms with Gasteiger partial charge < -0.3 is 18.6 Å². The Labute approximate surface area is 150 Å². The monoisotopic (exact) mass is 349 g/mol. The van der Waals surface area contributed by atoms with Crippen LogP contribution in [-0.2, 0) is 20.8 Å². The van der Waals surface area contributed by atoms with E-state index in [1.165, 1.54) is 12.8 Å². The second-order valence-corrected chi connectivity index (χ2v) is 8.09. The second kappa shape index (κ2) is 8.21. The van der Waals surface area contributed by atoms with Crippen LogP contribution in [0.3, 0.4) is 0 Å². The summed E-state index contributed by atoms with van der Waals surface area (Å²) >= 11 is 0. The Kier molecular flexibility index (Phi) is 5.76. The van der Waals surface area contributed by atoms with Gasteiger partial charge in [-0.05, 0) is 68.7 Å². The zero-order chi connectivity index (χ0) is 17.0. The fourth-order valence-corrected chi connectivity index (χ4v) is 4.44. The van der Waals surface area contributed by atoms with E-state index >= 15 is 0 Å². The minimum Gasteiger partial charge on any atom is -0.468 e. The molecule has 4 rings (SSSR count). The first-order valence-corrected chi connectivity index (χ1v) is 9.83. The first kappa shape index (κ1) is 17.5. The molecule has 3 fully saturated rings. The summed E-state index contributed by atoms with van der Waals surface area (Å²) in [5, 5.41) is 0. The minimum atomic E-state index is 0.288. The minimum absolute atomic E-state index is 0.288. The molecule has 5 nitrogen and oxygen atoms in total. The topological polar surface area (TPSA) is 44.1 Å². The molecule has 25 heavy (non-hydrogen) atoms. The van der Waals surface area contributed by atoms with Crippen LogP contribution in [0.5, 0.6) is 0 Å². The van der Waals surface area contributed by atoms with Gasteiger partial charge in [-0.1, -0.05) is 0 Å². The highest BCUT2D eigenvalue weighted by atomic mass is 16.5. The average molecular weight is 349 g/mol. The largest absolute Gasteiger partial charge is 0.468 e. The standard InChI is InChI=1S/C20H31NO4/c1-2-18(24-9-1)13-21-7-5-20(6-8-21)12-19(25-16-20)15-23-14-17-3-10-22-11-4-17/h1-2,9,17,19H,3-8,10-16H2/t19-/m0/s1. The van der Waals surface area contributed by atoms with Crippen LogP contribution in [0.4, 0.5) is 0 Å². The molecule has 1 spiro atoms. The van der Waals surface area contributed by atoms with Crippen molar-refractivity contribution in [3.63, 3.8) is 0 Å². The molecule has 1 aromatic heterocycles. The van der Waals surface area contributed by atoms with Gasteiger partial charge in [0.2, 0.25) is 0 Å². The number of furan rings is 1. The summed E-state index contributed by atoms with van der Waals surface area (Å²) in [7, 11) is 0. The van der Waals surface area contributed by atoms with E-state index in [1.54, 1.807) is 6.26 Å². The first-order chi connectivity index (χ1) is 12.3. The third kappa shape index (κ3) is 4.64. The Bertz CT molecular complexity index is 504. The van der Waals surface area contributed by atoms with Crippen molar-refractivity contribution >= 4 is 0 Å². The molecule has 0 aliphatic carbocycles. The van der Waals surface area contributed by atoms with Gasteiger partial charge in [0.25, 0.3) is 0 Å². The lowest BCUT2D eigenvalue weighted by Crippen LogP contribution is -2.40. The predicted octanol–water partition coefficient (Wildman–Crippen LogP) is 3.09. The highest BCUT2D eigenvalue weighted by molar-refractivity contribution is 4.99. The van der Waals surface area contributed by atoms with E-state index in [1.807, 2.05) is 6.07 Å². The van der Waals surface area contributed by atoms with Crippen molar-refractivity contribution in [2.75, 3.05) is 46.1 Å². The Balaban J connectivity index is 1.16. The molecule has 3 aliphatic rings. The number of rotatable bonds is 6. The fraction of sp³-hybridized carbons (Fsp3) is 0.800. The lowest BCUT2D eigenvalue weighted by molar-refractivity contribution is -0.0183. The summed E-state index contributed by atoms with van der Waals surface area (Å²) in [5.74, 6) is 1.74. The van der Waals surface area contributed by atoms with Crippen LogP contribution in [0.15, 0.2) is 22.8 Å². The van der Waals surface area contributed by atoms with E-state index in [9.17, 15) is 0 Å². The molecule has 3 aliphatic heterocycles. The van der Waals surface area contributed by atoms with Gasteiger partial charge in [0.15, 0.2) is 0 Å². The number of likely N-dealkylation sites (tertiary alicyclic amines) is 1. The Morgan fingerprint density at radius 3 is 2.76 bits per heavy atom. The van der Waals surface area contributed by atoms with Gasteiger partial charge in [-0.15, -0.1) is 0 Å². The zero-order valence-corrected chi connectivity index (χ0v) is 15.2. The molecule has 3 saturated heterocycles. The maximum Gasteiger partial charge on any atom is 0.117 e. The maximum atomic E-state index is 6.09. The number of piperidine rings is 1. The van der Waals surface area contributed by atoms with Crippen LogP contribution in [0, 0.1) is 11.3 Å². The van der Waals surface area contributed by atoms with Gasteiger partial charge in [0.05, 0.1) is 32.1 Å². The van der Waals surface area contributed by atoms with Crippen LogP contribution in [-0.4, -0.2) is 57.1 Å². The van der Waals surface area contributed by atoms with Crippen LogP contribution in [0.2, 0.25) is 0 Å². The quantitative estimate of drug-likeness (QED) is 0.790. The SMILES string of the molecule is c1coc(CN2CCC3(CC2)CO[C@H](COCC2CCOCC2)C3)c1. The number of nitrogens with zero attached hydrogens (tertiary/aromatic N) is 1. The molecule has 0 unspecified atom stereocenters. The zero-order valence-electron chi connectivity index (χ0n) is 15.2. The Morgan fingerprint density at radius 2 is 2.00 bits per heavy atom. The van der Waals surface area contributed by atoms with Gasteiger partial charge in [-0.2, -0.15) is 0 Å². The van der Waals surface area contributed by atoms with Gasteiger partial charge in [0, 0.05) is 19.8 Å². The third-order valence-electron chi connectivity index (χ3n) is 6.16. The van der Waals surface area contributed by atoms with E-state index in [4.69, 9.17) is 18.6 Å². The van der Waals surface area contributed by atoms with Gasteiger partial charge in [0.1, 0.15) is 5.76 Å². The first-order valence-electron chi connectivity index (χ1n) is 9.83. The van der Waals surface area contributed by atoms with Crippen molar-refractivity contribution < 1.29 is 18.6 Å². The van der Waals surface area contributed by atoms with Crippen molar-refractivity contribution in [1.82, 2.24) is 4.90 Å². The van der Waals surface area contributed by atoms with Crippen molar-refractivity contribution in [3.05, 3.63) is 24.2 Å². The molecule has 0 N–H and O–H groups in total. The summed E-state index contributed by atoms with van der Waals surface area (Å²) in [6.07, 6.45) is 7.94. The molecule has 0 aromatic carbocycles. The summed E-state index contributed by atoms with van der Waals surface area (Å²) < 4.78 is 22.9. The van der Waals surface area contributed by atoms with Crippen molar-refractivity contribution in [2.45, 2.75) is 44.8 Å². The lowest BCUT2D eigenvalue weighted by Gasteiger charge is -2.38. The van der Waals surface area contributed by atoms with Crippen molar-refractivity contribution in [3.8, 4) is 0 Å². The molecule has 1 aromatic rings. The van der Waals surface area contributed by atoms with E-state index in [-0.39, 0.29) is 6.10 Å². The lowest BCUT2D eigenvalue weighted by atomic mass is 9.76. The Hall–Kier alpha value is -0.880. The number of ether oxygens (including phenoxy) is 3. The van der Waals surface area contributed by atoms with Crippen LogP contribution < -0.4 is 0 Å². The van der Waals surface area contributed by atoms with Crippen LogP contribution in [0.25, 0.3) is 0 Å². The molecular formula is C20H31NO4. The Morgan fingerprint density at radius 1 is 1.16 bits per heavy atom. The van der Waals surface area contributed by atoms with Gasteiger partial charge in [-0.25, -0.2) is 0 Å². The number of hydrogen-bond acceptors (Lipinski definition) is 5. The molecule has 4 heterocycles. The normalized spacial score (nSPS) is 27.9. The van der Waals surface area contributed by atoms with E-state index < -0.39 is 0 Å². The maximum absolute atomic E-state index is 6.09. The van der Waals surface area contributed by atoms with Gasteiger partial charge in [-0.3, -0.25) is 4.90 Å². The molecular weight excluding hydrogens is 318 g/mol. The smallest absolute Gasteiger partial charge is 0.117 e. The fourth-order valence-electron chi connectivity index (χ4n) is 4.44. The summed E-state index contributed by atoms with van der Waals surface area (Å²) in [6, 6.07) is 4.03. The van der Waals surface area contributed by atoms with Gasteiger partial charge >= 0.3 is 0 Å². The summed E-state index contributed by atoms with van der Waals surface area (Å²) in [5.41, 5.74) is 0.381. The molecule has 1 atom stereocenters. The molecule has 5 heteroatoms. The average Bonchev–Trinajstić information content (AvgIpc) is 3.29. The highest BCUT2D eigenvalue weighted by Gasteiger charge is 2.42. The van der Waals surface area contributed by atoms with E-state index in [0.717, 1.165) is 77.7 Å². The predicted molar refractivity (Wildman–Crippen MR) is 94.4 cm³/mol. The molecule has 0 amide bonds. The summed E-state index contributed by atoms with van der Waals surface area (Å²) in [6.45, 7) is 7.54. The molecule has 140 valence electrons. The van der Waals surface area contributed by atoms with Crippen molar-refractivity contribution in [2.24, 2.45) is 11.3 Å². The molecule has 0 saturated carbocycles. The van der Waals surface area contributed by atoms with Crippen LogP contribution in [0.1, 0.15) is 37.9 Å². The molecule has 0 bridgehead atoms. The second-order valence-electron chi connectivity index (χ2n) is 8.09. The molecule has 0 radical (unpaired) electrons.